The Balaban J connectivity index is 0.00000121. The van der Waals surface area contributed by atoms with Crippen LogP contribution in [0.2, 0.25) is 4.44 Å². The molecular formula is C10H15OSn. The first kappa shape index (κ1) is 12.0. The van der Waals surface area contributed by atoms with Crippen molar-refractivity contribution < 1.29 is 5.48 Å². The largest absolute Gasteiger partial charge is 0.412 e. The van der Waals surface area contributed by atoms with Crippen LogP contribution in [0.4, 0.5) is 0 Å². The van der Waals surface area contributed by atoms with Crippen LogP contribution in [0.1, 0.15) is 24.0 Å². The van der Waals surface area contributed by atoms with Gasteiger partial charge in [-0.25, -0.2) is 0 Å². The third kappa shape index (κ3) is 2.79. The van der Waals surface area contributed by atoms with Crippen LogP contribution in [0.5, 0.6) is 0 Å². The number of benzene rings is 1. The number of hydrogen-bond acceptors (Lipinski definition) is 0. The molecule has 3 radical (unpaired) electrons. The maximum absolute atomic E-state index is 2.30. The first-order valence-corrected chi connectivity index (χ1v) is 5.97. The smallest absolute Gasteiger partial charge is 0.412 e. The van der Waals surface area contributed by atoms with E-state index in [-0.39, 0.29) is 5.48 Å². The van der Waals surface area contributed by atoms with E-state index in [0.717, 1.165) is 5.92 Å². The Hall–Kier alpha value is -0.0213. The Bertz CT molecular complexity index is 235. The minimum Gasteiger partial charge on any atom is -0.412 e. The molecule has 2 heteroatoms. The predicted molar refractivity (Wildman–Crippen MR) is 53.8 cm³/mol. The van der Waals surface area contributed by atoms with Gasteiger partial charge in [-0.2, -0.15) is 0 Å². The molecule has 0 aromatic heterocycles. The molecule has 0 aliphatic heterocycles. The zero-order chi connectivity index (χ0) is 8.27. The van der Waals surface area contributed by atoms with Crippen LogP contribution in [-0.4, -0.2) is 28.0 Å². The first-order chi connectivity index (χ1) is 5.25. The van der Waals surface area contributed by atoms with E-state index in [2.05, 4.69) is 38.1 Å². The summed E-state index contributed by atoms with van der Waals surface area (Å²) in [5.74, 6) is 0.745. The van der Waals surface area contributed by atoms with Crippen LogP contribution in [0, 0.1) is 6.92 Å². The summed E-state index contributed by atoms with van der Waals surface area (Å²) in [4.78, 5) is 0. The maximum atomic E-state index is 2.30. The van der Waals surface area contributed by atoms with Crippen LogP contribution >= 0.6 is 0 Å². The Labute approximate surface area is 87.6 Å². The van der Waals surface area contributed by atoms with Gasteiger partial charge >= 0.3 is 82.1 Å². The van der Waals surface area contributed by atoms with Crippen molar-refractivity contribution in [1.29, 1.82) is 0 Å². The van der Waals surface area contributed by atoms with Crippen molar-refractivity contribution in [3.05, 3.63) is 35.4 Å². The maximum Gasteiger partial charge on any atom is -0.412 e. The van der Waals surface area contributed by atoms with Crippen molar-refractivity contribution in [2.45, 2.75) is 24.2 Å². The van der Waals surface area contributed by atoms with Gasteiger partial charge in [0.2, 0.25) is 0 Å². The Kier molecular flexibility index (Phi) is 5.58. The van der Waals surface area contributed by atoms with Crippen LogP contribution in [0.15, 0.2) is 24.3 Å². The second-order valence-corrected chi connectivity index (χ2v) is 4.13. The summed E-state index contributed by atoms with van der Waals surface area (Å²) in [6, 6.07) is 8.67. The molecule has 0 amide bonds. The van der Waals surface area contributed by atoms with Crippen molar-refractivity contribution in [2.24, 2.45) is 0 Å². The molecule has 1 nitrogen and oxygen atoms in total. The van der Waals surface area contributed by atoms with Crippen LogP contribution in [0.3, 0.4) is 0 Å². The van der Waals surface area contributed by atoms with Gasteiger partial charge in [0.05, 0.1) is 0 Å². The summed E-state index contributed by atoms with van der Waals surface area (Å²) in [6.07, 6.45) is 0. The average molecular weight is 270 g/mol. The predicted octanol–water partition coefficient (Wildman–Crippen LogP) is 1.86. The average Bonchev–Trinajstić information content (AvgIpc) is 2.04. The van der Waals surface area contributed by atoms with E-state index in [1.54, 1.807) is 22.5 Å². The molecule has 0 aliphatic rings. The van der Waals surface area contributed by atoms with E-state index in [9.17, 15) is 0 Å². The van der Waals surface area contributed by atoms with Gasteiger partial charge in [0.15, 0.2) is 0 Å². The molecule has 0 bridgehead atoms. The molecule has 1 aromatic rings. The van der Waals surface area contributed by atoms with Crippen molar-refractivity contribution in [1.82, 2.24) is 0 Å². The summed E-state index contributed by atoms with van der Waals surface area (Å²) in [5.41, 5.74) is 2.95. The second kappa shape index (κ2) is 5.59. The fourth-order valence-electron chi connectivity index (χ4n) is 1.25. The molecule has 0 saturated heterocycles. The Morgan fingerprint density at radius 2 is 1.92 bits per heavy atom. The summed E-state index contributed by atoms with van der Waals surface area (Å²) in [5, 5.41) is 0. The van der Waals surface area contributed by atoms with Crippen LogP contribution in [-0.2, 0) is 0 Å². The van der Waals surface area contributed by atoms with Gasteiger partial charge in [-0.3, -0.25) is 0 Å². The summed E-state index contributed by atoms with van der Waals surface area (Å²) < 4.78 is 1.32. The van der Waals surface area contributed by atoms with E-state index >= 15 is 0 Å². The molecule has 1 rings (SSSR count). The molecule has 65 valence electrons. The van der Waals surface area contributed by atoms with Gasteiger partial charge in [-0.15, -0.1) is 0 Å². The normalized spacial score (nSPS) is 11.9. The van der Waals surface area contributed by atoms with Gasteiger partial charge in [0, 0.05) is 0 Å². The molecule has 0 fully saturated rings. The number of hydrogen-bond donors (Lipinski definition) is 0. The topological polar surface area (TPSA) is 31.5 Å². The van der Waals surface area contributed by atoms with E-state index in [1.807, 2.05) is 0 Å². The fourth-order valence-corrected chi connectivity index (χ4v) is 1.88. The minimum absolute atomic E-state index is 0. The molecule has 0 heterocycles. The number of rotatable bonds is 2. The summed E-state index contributed by atoms with van der Waals surface area (Å²) in [7, 11) is 0. The zero-order valence-electron chi connectivity index (χ0n) is 7.59. The molecule has 0 saturated carbocycles. The van der Waals surface area contributed by atoms with Crippen molar-refractivity contribution >= 4 is 22.5 Å². The molecule has 0 spiro atoms. The van der Waals surface area contributed by atoms with E-state index < -0.39 is 0 Å². The molecular weight excluding hydrogens is 255 g/mol. The van der Waals surface area contributed by atoms with E-state index in [0.29, 0.717) is 0 Å². The molecule has 0 aliphatic carbocycles. The molecule has 2 N–H and O–H groups in total. The quantitative estimate of drug-likeness (QED) is 0.734. The van der Waals surface area contributed by atoms with Crippen LogP contribution < -0.4 is 0 Å². The van der Waals surface area contributed by atoms with Gasteiger partial charge < -0.3 is 5.48 Å². The summed E-state index contributed by atoms with van der Waals surface area (Å²) in [6.45, 7) is 4.49. The summed E-state index contributed by atoms with van der Waals surface area (Å²) >= 11 is 1.63. The van der Waals surface area contributed by atoms with E-state index in [4.69, 9.17) is 0 Å². The zero-order valence-corrected chi connectivity index (χ0v) is 10.4. The standard InChI is InChI=1S/C10H13.H2O.Sn/c1-8(2)10-7-5-4-6-9(10)3;;/h4-8H,1H2,2-3H3;1H2;. The molecule has 1 aromatic carbocycles. The Morgan fingerprint density at radius 1 is 1.33 bits per heavy atom. The molecule has 12 heavy (non-hydrogen) atoms. The van der Waals surface area contributed by atoms with Gasteiger partial charge in [-0.1, -0.05) is 0 Å². The fraction of sp³-hybridized carbons (Fsp3) is 0.400. The number of aryl methyl sites for hydroxylation is 1. The Morgan fingerprint density at radius 3 is 2.42 bits per heavy atom. The first-order valence-electron chi connectivity index (χ1n) is 3.96. The van der Waals surface area contributed by atoms with Gasteiger partial charge in [0.1, 0.15) is 0 Å². The second-order valence-electron chi connectivity index (χ2n) is 2.96. The van der Waals surface area contributed by atoms with E-state index in [1.165, 1.54) is 15.6 Å². The third-order valence-corrected chi connectivity index (χ3v) is 3.77. The minimum atomic E-state index is 0. The molecule has 1 atom stereocenters. The van der Waals surface area contributed by atoms with Gasteiger partial charge in [-0.05, 0) is 0 Å². The third-order valence-electron chi connectivity index (χ3n) is 2.03. The SMILES string of the molecule is Cc1ccccc1C(C)[CH2][Sn].O. The van der Waals surface area contributed by atoms with Crippen LogP contribution in [0.25, 0.3) is 0 Å². The van der Waals surface area contributed by atoms with Crippen molar-refractivity contribution in [3.63, 3.8) is 0 Å². The van der Waals surface area contributed by atoms with Crippen molar-refractivity contribution in [2.75, 3.05) is 0 Å². The van der Waals surface area contributed by atoms with Crippen molar-refractivity contribution in [3.8, 4) is 0 Å². The monoisotopic (exact) mass is 271 g/mol. The molecule has 1 unspecified atom stereocenters. The van der Waals surface area contributed by atoms with Gasteiger partial charge in [0.25, 0.3) is 0 Å².